The number of fused-ring (bicyclic) bond motifs is 1. The molecule has 1 heterocycles. The average Bonchev–Trinajstić information content (AvgIpc) is 2.97. The Morgan fingerprint density at radius 3 is 2.49 bits per heavy atom. The number of ether oxygens (including phenoxy) is 2. The summed E-state index contributed by atoms with van der Waals surface area (Å²) >= 11 is 0. The second kappa shape index (κ2) is 13.5. The van der Waals surface area contributed by atoms with Crippen LogP contribution in [0.2, 0.25) is 0 Å². The van der Waals surface area contributed by atoms with Gasteiger partial charge in [-0.15, -0.1) is 0 Å². The number of urea groups is 1. The summed E-state index contributed by atoms with van der Waals surface area (Å²) in [6.07, 6.45) is 0.786. The van der Waals surface area contributed by atoms with Gasteiger partial charge in [-0.3, -0.25) is 4.98 Å². The van der Waals surface area contributed by atoms with Crippen molar-refractivity contribution in [2.45, 2.75) is 20.0 Å². The third-order valence-electron chi connectivity index (χ3n) is 6.22. The van der Waals surface area contributed by atoms with Crippen LogP contribution in [0.1, 0.15) is 13.8 Å². The zero-order chi connectivity index (χ0) is 29.4. The Morgan fingerprint density at radius 1 is 1.05 bits per heavy atom. The van der Waals surface area contributed by atoms with E-state index in [4.69, 9.17) is 16.0 Å². The quantitative estimate of drug-likeness (QED) is 0.179. The molecular weight excluding hydrogens is 532 g/mol. The van der Waals surface area contributed by atoms with Gasteiger partial charge in [0.1, 0.15) is 41.6 Å². The molecule has 4 rings (SSSR count). The Kier molecular flexibility index (Phi) is 9.63. The van der Waals surface area contributed by atoms with Crippen molar-refractivity contribution in [3.8, 4) is 17.2 Å². The summed E-state index contributed by atoms with van der Waals surface area (Å²) in [7, 11) is 0. The van der Waals surface area contributed by atoms with Gasteiger partial charge >= 0.3 is 6.03 Å². The van der Waals surface area contributed by atoms with E-state index in [1.807, 2.05) is 13.8 Å². The number of halogens is 2. The Balaban J connectivity index is 1.46. The molecule has 0 aliphatic heterocycles. The number of rotatable bonds is 11. The largest absolute Gasteiger partial charge is 0.502 e. The summed E-state index contributed by atoms with van der Waals surface area (Å²) in [5.74, 6) is -0.405. The summed E-state index contributed by atoms with van der Waals surface area (Å²) in [4.78, 5) is 22.2. The van der Waals surface area contributed by atoms with E-state index >= 15 is 0 Å². The summed E-state index contributed by atoms with van der Waals surface area (Å²) in [5, 5.41) is 15.7. The van der Waals surface area contributed by atoms with Gasteiger partial charge in [-0.05, 0) is 67.7 Å². The number of aliphatic hydroxyl groups excluding tert-OH is 1. The van der Waals surface area contributed by atoms with Gasteiger partial charge in [0.05, 0.1) is 17.8 Å². The molecule has 0 saturated carbocycles. The van der Waals surface area contributed by atoms with Crippen molar-refractivity contribution in [1.29, 1.82) is 0 Å². The fraction of sp³-hybridized carbons (Fsp3) is 0.233. The molecule has 3 aromatic carbocycles. The molecule has 11 heteroatoms. The van der Waals surface area contributed by atoms with Gasteiger partial charge in [0.2, 0.25) is 5.69 Å². The van der Waals surface area contributed by atoms with Crippen LogP contribution in [0.4, 0.5) is 30.6 Å². The predicted octanol–water partition coefficient (Wildman–Crippen LogP) is 6.58. The van der Waals surface area contributed by atoms with Crippen LogP contribution in [0.5, 0.6) is 17.2 Å². The lowest BCUT2D eigenvalue weighted by atomic mass is 10.1. The minimum absolute atomic E-state index is 0.0162. The first-order valence-corrected chi connectivity index (χ1v) is 12.9. The number of anilines is 2. The first-order chi connectivity index (χ1) is 19.8. The van der Waals surface area contributed by atoms with Crippen molar-refractivity contribution < 1.29 is 28.2 Å². The SMILES string of the molecule is [C-]#[N+]c1cc2c(Oc3ccc(NC(=O)Nc4ccc(F)cc4)c(F)c3)ccnc2cc1OCC(O)CN(CC)CC. The minimum Gasteiger partial charge on any atom is -0.502 e. The lowest BCUT2D eigenvalue weighted by molar-refractivity contribution is 0.0720. The van der Waals surface area contributed by atoms with Crippen molar-refractivity contribution in [3.05, 3.63) is 89.9 Å². The molecule has 3 N–H and O–H groups in total. The molecule has 2 amide bonds. The summed E-state index contributed by atoms with van der Waals surface area (Å²) in [5.41, 5.74) is 0.955. The second-order valence-electron chi connectivity index (χ2n) is 9.04. The molecule has 0 aliphatic carbocycles. The van der Waals surface area contributed by atoms with Crippen molar-refractivity contribution in [1.82, 2.24) is 9.88 Å². The second-order valence-corrected chi connectivity index (χ2v) is 9.04. The van der Waals surface area contributed by atoms with E-state index in [9.17, 15) is 18.7 Å². The van der Waals surface area contributed by atoms with E-state index < -0.39 is 23.8 Å². The van der Waals surface area contributed by atoms with Gasteiger partial charge in [0, 0.05) is 29.9 Å². The van der Waals surface area contributed by atoms with E-state index in [-0.39, 0.29) is 29.5 Å². The fourth-order valence-corrected chi connectivity index (χ4v) is 4.05. The highest BCUT2D eigenvalue weighted by atomic mass is 19.1. The Hall–Kier alpha value is -4.79. The van der Waals surface area contributed by atoms with Crippen molar-refractivity contribution in [3.63, 3.8) is 0 Å². The maximum absolute atomic E-state index is 14.8. The zero-order valence-electron chi connectivity index (χ0n) is 22.5. The molecule has 0 radical (unpaired) electrons. The maximum Gasteiger partial charge on any atom is 0.323 e. The number of pyridine rings is 1. The third-order valence-corrected chi connectivity index (χ3v) is 6.22. The van der Waals surface area contributed by atoms with Crippen LogP contribution in [-0.4, -0.2) is 53.4 Å². The van der Waals surface area contributed by atoms with Gasteiger partial charge in [-0.2, -0.15) is 0 Å². The number of aromatic nitrogens is 1. The number of carbonyl (C=O) groups excluding carboxylic acids is 1. The summed E-state index contributed by atoms with van der Waals surface area (Å²) in [6.45, 7) is 13.7. The molecule has 1 aromatic heterocycles. The smallest absolute Gasteiger partial charge is 0.323 e. The number of likely N-dealkylation sites (N-methyl/N-ethyl adjacent to an activating group) is 1. The third kappa shape index (κ3) is 7.66. The molecule has 0 fully saturated rings. The number of nitrogens with zero attached hydrogens (tertiary/aromatic N) is 3. The average molecular weight is 562 g/mol. The van der Waals surface area contributed by atoms with Gasteiger partial charge < -0.3 is 30.1 Å². The van der Waals surface area contributed by atoms with Gasteiger partial charge in [-0.25, -0.2) is 18.4 Å². The molecule has 4 aromatic rings. The number of hydrogen-bond donors (Lipinski definition) is 3. The van der Waals surface area contributed by atoms with E-state index in [0.29, 0.717) is 28.9 Å². The van der Waals surface area contributed by atoms with E-state index in [0.717, 1.165) is 19.2 Å². The fourth-order valence-electron chi connectivity index (χ4n) is 4.05. The molecule has 0 aliphatic rings. The lowest BCUT2D eigenvalue weighted by Crippen LogP contribution is -2.35. The number of nitrogens with one attached hydrogen (secondary N) is 2. The zero-order valence-corrected chi connectivity index (χ0v) is 22.5. The Morgan fingerprint density at radius 2 is 1.80 bits per heavy atom. The molecule has 9 nitrogen and oxygen atoms in total. The van der Waals surface area contributed by atoms with Crippen LogP contribution in [0.3, 0.4) is 0 Å². The van der Waals surface area contributed by atoms with Crippen molar-refractivity contribution >= 4 is 34.0 Å². The molecule has 1 unspecified atom stereocenters. The van der Waals surface area contributed by atoms with Crippen LogP contribution >= 0.6 is 0 Å². The van der Waals surface area contributed by atoms with E-state index in [1.165, 1.54) is 42.6 Å². The topological polar surface area (TPSA) is 100 Å². The molecule has 1 atom stereocenters. The highest BCUT2D eigenvalue weighted by molar-refractivity contribution is 5.99. The monoisotopic (exact) mass is 561 g/mol. The van der Waals surface area contributed by atoms with Crippen molar-refractivity contribution in [2.24, 2.45) is 0 Å². The molecule has 41 heavy (non-hydrogen) atoms. The van der Waals surface area contributed by atoms with Gasteiger partial charge in [0.15, 0.2) is 0 Å². The Bertz CT molecular complexity index is 1560. The lowest BCUT2D eigenvalue weighted by Gasteiger charge is -2.22. The highest BCUT2D eigenvalue weighted by Gasteiger charge is 2.16. The number of benzene rings is 3. The van der Waals surface area contributed by atoms with E-state index in [1.54, 1.807) is 18.2 Å². The van der Waals surface area contributed by atoms with Crippen LogP contribution in [0, 0.1) is 18.2 Å². The standard InChI is InChI=1S/C30H29F2N5O4/c1-4-37(5-2)17-21(38)18-40-29-16-26-23(15-27(29)33-3)28(12-13-34-26)41-22-10-11-25(24(32)14-22)36-30(39)35-20-8-6-19(31)7-9-20/h6-16,21,38H,4-5,17-18H2,1-2H3,(H2,35,36,39). The Labute approximate surface area is 236 Å². The number of amides is 2. The molecule has 0 bridgehead atoms. The number of carbonyl (C=O) groups is 1. The summed E-state index contributed by atoms with van der Waals surface area (Å²) < 4.78 is 39.5. The minimum atomic E-state index is -0.740. The van der Waals surface area contributed by atoms with Crippen LogP contribution in [-0.2, 0) is 0 Å². The van der Waals surface area contributed by atoms with Gasteiger partial charge in [-0.1, -0.05) is 13.8 Å². The maximum atomic E-state index is 14.8. The summed E-state index contributed by atoms with van der Waals surface area (Å²) in [6, 6.07) is 13.2. The number of aliphatic hydroxyl groups is 1. The normalized spacial score (nSPS) is 11.6. The highest BCUT2D eigenvalue weighted by Crippen LogP contribution is 2.38. The first kappa shape index (κ1) is 29.2. The molecule has 212 valence electrons. The van der Waals surface area contributed by atoms with Crippen LogP contribution in [0.25, 0.3) is 15.7 Å². The first-order valence-electron chi connectivity index (χ1n) is 12.9. The number of hydrogen-bond acceptors (Lipinski definition) is 6. The molecule has 0 saturated heterocycles. The van der Waals surface area contributed by atoms with Crippen LogP contribution in [0.15, 0.2) is 66.9 Å². The molecule has 0 spiro atoms. The van der Waals surface area contributed by atoms with Crippen LogP contribution < -0.4 is 20.1 Å². The predicted molar refractivity (Wildman–Crippen MR) is 153 cm³/mol. The molecular formula is C30H29F2N5O4. The van der Waals surface area contributed by atoms with Gasteiger partial charge in [0.25, 0.3) is 0 Å². The van der Waals surface area contributed by atoms with Crippen molar-refractivity contribution in [2.75, 3.05) is 36.9 Å². The van der Waals surface area contributed by atoms with E-state index in [2.05, 4.69) is 25.4 Å².